The Morgan fingerprint density at radius 1 is 1.14 bits per heavy atom. The van der Waals surface area contributed by atoms with Crippen LogP contribution in [0.3, 0.4) is 0 Å². The van der Waals surface area contributed by atoms with Crippen molar-refractivity contribution in [1.29, 1.82) is 0 Å². The maximum atomic E-state index is 12.6. The summed E-state index contributed by atoms with van der Waals surface area (Å²) < 4.78 is 1.93. The topological polar surface area (TPSA) is 66.5 Å². The van der Waals surface area contributed by atoms with Crippen LogP contribution in [0.1, 0.15) is 33.2 Å². The van der Waals surface area contributed by atoms with E-state index in [1.165, 1.54) is 15.6 Å². The van der Waals surface area contributed by atoms with E-state index in [2.05, 4.69) is 38.8 Å². The van der Waals surface area contributed by atoms with Crippen LogP contribution >= 0.6 is 27.3 Å². The highest BCUT2D eigenvalue weighted by Gasteiger charge is 2.40. The number of rotatable bonds is 5. The van der Waals surface area contributed by atoms with Crippen LogP contribution in [0.5, 0.6) is 0 Å². The number of benzene rings is 2. The fourth-order valence-corrected chi connectivity index (χ4v) is 4.75. The SMILES string of the molecule is CC(C(=O)NCCc1csc2ccccc12)N1C(=O)c2ccc(Br)cc2C1=O. The molecule has 4 rings (SSSR count). The van der Waals surface area contributed by atoms with E-state index >= 15 is 0 Å². The lowest BCUT2D eigenvalue weighted by Gasteiger charge is -2.21. The Hall–Kier alpha value is -2.51. The Bertz CT molecular complexity index is 1110. The lowest BCUT2D eigenvalue weighted by atomic mass is 10.1. The molecule has 2 heterocycles. The van der Waals surface area contributed by atoms with Gasteiger partial charge in [-0.2, -0.15) is 0 Å². The Morgan fingerprint density at radius 2 is 1.89 bits per heavy atom. The standard InChI is InChI=1S/C21H17BrN2O3S/c1-12(24-20(26)16-7-6-14(22)10-17(16)21(24)27)19(25)23-9-8-13-11-28-18-5-3-2-4-15(13)18/h2-7,10-12H,8-9H2,1H3,(H,23,25). The zero-order valence-electron chi connectivity index (χ0n) is 15.1. The first kappa shape index (κ1) is 18.8. The summed E-state index contributed by atoms with van der Waals surface area (Å²) in [6.07, 6.45) is 0.692. The van der Waals surface area contributed by atoms with Gasteiger partial charge >= 0.3 is 0 Å². The highest BCUT2D eigenvalue weighted by atomic mass is 79.9. The van der Waals surface area contributed by atoms with E-state index in [1.54, 1.807) is 36.5 Å². The van der Waals surface area contributed by atoms with Crippen molar-refractivity contribution in [2.75, 3.05) is 6.54 Å². The largest absolute Gasteiger partial charge is 0.354 e. The number of thiophene rings is 1. The highest BCUT2D eigenvalue weighted by Crippen LogP contribution is 2.28. The summed E-state index contributed by atoms with van der Waals surface area (Å²) in [5, 5.41) is 6.15. The Labute approximate surface area is 174 Å². The summed E-state index contributed by atoms with van der Waals surface area (Å²) in [7, 11) is 0. The van der Waals surface area contributed by atoms with Gasteiger partial charge in [0.15, 0.2) is 0 Å². The summed E-state index contributed by atoms with van der Waals surface area (Å²) in [5.41, 5.74) is 1.83. The van der Waals surface area contributed by atoms with E-state index in [-0.39, 0.29) is 5.91 Å². The van der Waals surface area contributed by atoms with Gasteiger partial charge in [-0.15, -0.1) is 11.3 Å². The van der Waals surface area contributed by atoms with Gasteiger partial charge in [-0.3, -0.25) is 19.3 Å². The van der Waals surface area contributed by atoms with Crippen LogP contribution < -0.4 is 5.32 Å². The summed E-state index contributed by atoms with van der Waals surface area (Å²) in [6.45, 7) is 2.02. The van der Waals surface area contributed by atoms with Crippen molar-refractivity contribution in [2.24, 2.45) is 0 Å². The number of fused-ring (bicyclic) bond motifs is 2. The fourth-order valence-electron chi connectivity index (χ4n) is 3.40. The normalized spacial score (nSPS) is 14.4. The first-order valence-corrected chi connectivity index (χ1v) is 10.5. The molecule has 1 atom stereocenters. The molecule has 3 aromatic rings. The van der Waals surface area contributed by atoms with Gasteiger partial charge in [0, 0.05) is 15.7 Å². The molecule has 2 aromatic carbocycles. The second-order valence-electron chi connectivity index (χ2n) is 6.64. The minimum Gasteiger partial charge on any atom is -0.354 e. The third-order valence-corrected chi connectivity index (χ3v) is 6.41. The first-order chi connectivity index (χ1) is 13.5. The van der Waals surface area contributed by atoms with Gasteiger partial charge in [-0.05, 0) is 53.9 Å². The summed E-state index contributed by atoms with van der Waals surface area (Å²) in [6, 6.07) is 12.2. The molecule has 7 heteroatoms. The lowest BCUT2D eigenvalue weighted by molar-refractivity contribution is -0.124. The van der Waals surface area contributed by atoms with Crippen molar-refractivity contribution in [2.45, 2.75) is 19.4 Å². The van der Waals surface area contributed by atoms with E-state index in [0.717, 1.165) is 4.90 Å². The molecule has 0 aliphatic carbocycles. The maximum Gasteiger partial charge on any atom is 0.262 e. The van der Waals surface area contributed by atoms with Crippen LogP contribution in [-0.2, 0) is 11.2 Å². The molecule has 1 N–H and O–H groups in total. The number of hydrogen-bond acceptors (Lipinski definition) is 4. The molecule has 5 nitrogen and oxygen atoms in total. The zero-order chi connectivity index (χ0) is 19.8. The second-order valence-corrected chi connectivity index (χ2v) is 8.47. The Morgan fingerprint density at radius 3 is 2.71 bits per heavy atom. The lowest BCUT2D eigenvalue weighted by Crippen LogP contribution is -2.48. The minimum absolute atomic E-state index is 0.323. The highest BCUT2D eigenvalue weighted by molar-refractivity contribution is 9.10. The van der Waals surface area contributed by atoms with E-state index in [1.807, 2.05) is 12.1 Å². The second kappa shape index (κ2) is 7.48. The number of imide groups is 1. The molecule has 0 radical (unpaired) electrons. The summed E-state index contributed by atoms with van der Waals surface area (Å²) >= 11 is 4.99. The fraction of sp³-hybridized carbons (Fsp3) is 0.190. The number of carbonyl (C=O) groups excluding carboxylic acids is 3. The van der Waals surface area contributed by atoms with Crippen LogP contribution in [0.4, 0.5) is 0 Å². The van der Waals surface area contributed by atoms with Crippen molar-refractivity contribution in [3.63, 3.8) is 0 Å². The molecule has 0 saturated carbocycles. The molecule has 0 saturated heterocycles. The summed E-state index contributed by atoms with van der Waals surface area (Å²) in [5.74, 6) is -1.21. The Balaban J connectivity index is 1.41. The van der Waals surface area contributed by atoms with Crippen molar-refractivity contribution < 1.29 is 14.4 Å². The van der Waals surface area contributed by atoms with Gasteiger partial charge in [0.2, 0.25) is 5.91 Å². The molecule has 0 spiro atoms. The van der Waals surface area contributed by atoms with Crippen LogP contribution in [0.25, 0.3) is 10.1 Å². The Kier molecular flexibility index (Phi) is 5.03. The number of nitrogens with zero attached hydrogens (tertiary/aromatic N) is 1. The number of amides is 3. The smallest absolute Gasteiger partial charge is 0.262 e. The van der Waals surface area contributed by atoms with Crippen molar-refractivity contribution in [1.82, 2.24) is 10.2 Å². The average Bonchev–Trinajstić information content (AvgIpc) is 3.20. The molecule has 0 fully saturated rings. The molecule has 1 unspecified atom stereocenters. The average molecular weight is 457 g/mol. The molecule has 28 heavy (non-hydrogen) atoms. The third kappa shape index (κ3) is 3.25. The van der Waals surface area contributed by atoms with Crippen molar-refractivity contribution in [3.05, 3.63) is 69.0 Å². The minimum atomic E-state index is -0.870. The molecule has 1 aliphatic heterocycles. The third-order valence-electron chi connectivity index (χ3n) is 4.90. The quantitative estimate of drug-likeness (QED) is 0.589. The van der Waals surface area contributed by atoms with Crippen LogP contribution in [0, 0.1) is 0 Å². The summed E-state index contributed by atoms with van der Waals surface area (Å²) in [4.78, 5) is 38.8. The van der Waals surface area contributed by atoms with E-state index in [0.29, 0.717) is 28.6 Å². The predicted molar refractivity (Wildman–Crippen MR) is 113 cm³/mol. The van der Waals surface area contributed by atoms with E-state index < -0.39 is 17.9 Å². The van der Waals surface area contributed by atoms with Crippen molar-refractivity contribution in [3.8, 4) is 0 Å². The van der Waals surface area contributed by atoms with Gasteiger partial charge < -0.3 is 5.32 Å². The number of halogens is 1. The van der Waals surface area contributed by atoms with Crippen LogP contribution in [0.15, 0.2) is 52.3 Å². The molecule has 1 aromatic heterocycles. The van der Waals surface area contributed by atoms with Crippen LogP contribution in [0.2, 0.25) is 0 Å². The molecular weight excluding hydrogens is 440 g/mol. The molecule has 1 aliphatic rings. The van der Waals surface area contributed by atoms with E-state index in [4.69, 9.17) is 0 Å². The van der Waals surface area contributed by atoms with Crippen molar-refractivity contribution >= 4 is 55.1 Å². The molecular formula is C21H17BrN2O3S. The van der Waals surface area contributed by atoms with Gasteiger partial charge in [-0.1, -0.05) is 34.1 Å². The number of nitrogens with one attached hydrogen (secondary N) is 1. The maximum absolute atomic E-state index is 12.6. The monoisotopic (exact) mass is 456 g/mol. The molecule has 0 bridgehead atoms. The number of carbonyl (C=O) groups is 3. The van der Waals surface area contributed by atoms with Gasteiger partial charge in [0.25, 0.3) is 11.8 Å². The zero-order valence-corrected chi connectivity index (χ0v) is 17.5. The van der Waals surface area contributed by atoms with Crippen LogP contribution in [-0.4, -0.2) is 35.2 Å². The van der Waals surface area contributed by atoms with E-state index in [9.17, 15) is 14.4 Å². The molecule has 142 valence electrons. The molecule has 3 amide bonds. The predicted octanol–water partition coefficient (Wildman–Crippen LogP) is 4.01. The van der Waals surface area contributed by atoms with Gasteiger partial charge in [0.1, 0.15) is 6.04 Å². The first-order valence-electron chi connectivity index (χ1n) is 8.87. The van der Waals surface area contributed by atoms with Gasteiger partial charge in [0.05, 0.1) is 11.1 Å². The number of hydrogen-bond donors (Lipinski definition) is 1. The van der Waals surface area contributed by atoms with Gasteiger partial charge in [-0.25, -0.2) is 0 Å².